The lowest BCUT2D eigenvalue weighted by molar-refractivity contribution is 0.111. The molecule has 1 rings (SSSR count). The molecule has 0 aromatic heterocycles. The fourth-order valence-electron chi connectivity index (χ4n) is 0.887. The predicted molar refractivity (Wildman–Crippen MR) is 42.9 cm³/mol. The van der Waals surface area contributed by atoms with Crippen molar-refractivity contribution >= 4 is 5.94 Å². The van der Waals surface area contributed by atoms with Crippen molar-refractivity contribution < 1.29 is 9.53 Å². The lowest BCUT2D eigenvalue weighted by atomic mass is 10.1. The van der Waals surface area contributed by atoms with Gasteiger partial charge in [-0.25, -0.2) is 4.79 Å². The molecule has 2 nitrogen and oxygen atoms in total. The zero-order valence-electron chi connectivity index (χ0n) is 6.19. The van der Waals surface area contributed by atoms with E-state index in [4.69, 9.17) is 4.74 Å². The molecule has 0 fully saturated rings. The molecule has 0 saturated heterocycles. The number of hydrogen-bond donors (Lipinski definition) is 0. The van der Waals surface area contributed by atoms with E-state index in [0.717, 1.165) is 6.42 Å². The minimum atomic E-state index is 0.129. The molecule has 0 aromatic rings. The largest absolute Gasteiger partial charge is 0.369 e. The van der Waals surface area contributed by atoms with Crippen LogP contribution in [0.4, 0.5) is 0 Å². The van der Waals surface area contributed by atoms with Crippen molar-refractivity contribution in [3.63, 3.8) is 0 Å². The van der Waals surface area contributed by atoms with Crippen LogP contribution in [0.2, 0.25) is 0 Å². The molecule has 11 heavy (non-hydrogen) atoms. The van der Waals surface area contributed by atoms with Crippen molar-refractivity contribution in [1.82, 2.24) is 0 Å². The van der Waals surface area contributed by atoms with Gasteiger partial charge < -0.3 is 4.74 Å². The summed E-state index contributed by atoms with van der Waals surface area (Å²) in [5.41, 5.74) is 0. The van der Waals surface area contributed by atoms with Gasteiger partial charge in [-0.2, -0.15) is 0 Å². The van der Waals surface area contributed by atoms with Crippen molar-refractivity contribution in [1.29, 1.82) is 0 Å². The molecule has 2 heteroatoms. The Morgan fingerprint density at radius 2 is 2.55 bits per heavy atom. The van der Waals surface area contributed by atoms with Gasteiger partial charge in [-0.05, 0) is 6.42 Å². The van der Waals surface area contributed by atoms with Gasteiger partial charge in [0.05, 0.1) is 12.7 Å². The van der Waals surface area contributed by atoms with Crippen LogP contribution in [0.1, 0.15) is 6.42 Å². The number of allylic oxidation sites excluding steroid dienone is 2. The summed E-state index contributed by atoms with van der Waals surface area (Å²) in [7, 11) is 0. The highest BCUT2D eigenvalue weighted by Gasteiger charge is 2.02. The van der Waals surface area contributed by atoms with Crippen LogP contribution in [-0.2, 0) is 9.53 Å². The standard InChI is InChI=1S/C9H10O2/c10-7-4-8-11-9-5-2-1-3-6-9/h1-5,9H,6,8H2. The Kier molecular flexibility index (Phi) is 3.39. The normalized spacial score (nSPS) is 21.3. The Balaban J connectivity index is 2.22. The molecular weight excluding hydrogens is 140 g/mol. The summed E-state index contributed by atoms with van der Waals surface area (Å²) in [4.78, 5) is 9.75. The Morgan fingerprint density at radius 3 is 3.18 bits per heavy atom. The van der Waals surface area contributed by atoms with Crippen LogP contribution in [0.25, 0.3) is 0 Å². The third-order valence-corrected chi connectivity index (χ3v) is 1.42. The van der Waals surface area contributed by atoms with Crippen LogP contribution in [-0.4, -0.2) is 18.7 Å². The minimum Gasteiger partial charge on any atom is -0.369 e. The van der Waals surface area contributed by atoms with Gasteiger partial charge >= 0.3 is 0 Å². The third kappa shape index (κ3) is 2.99. The summed E-state index contributed by atoms with van der Waals surface area (Å²) in [6, 6.07) is 0. The first-order chi connectivity index (χ1) is 5.43. The van der Waals surface area contributed by atoms with E-state index in [9.17, 15) is 4.79 Å². The molecule has 0 spiro atoms. The SMILES string of the molecule is O=C=CCOC1C=CC=CC1. The first-order valence-electron chi connectivity index (χ1n) is 3.58. The van der Waals surface area contributed by atoms with E-state index in [0.29, 0.717) is 6.61 Å². The molecule has 0 aromatic carbocycles. The molecule has 1 aliphatic rings. The minimum absolute atomic E-state index is 0.129. The van der Waals surface area contributed by atoms with E-state index >= 15 is 0 Å². The van der Waals surface area contributed by atoms with Gasteiger partial charge in [0.25, 0.3) is 0 Å². The van der Waals surface area contributed by atoms with Gasteiger partial charge in [-0.3, -0.25) is 0 Å². The summed E-state index contributed by atoms with van der Waals surface area (Å²) in [5, 5.41) is 0. The van der Waals surface area contributed by atoms with Crippen molar-refractivity contribution in [2.75, 3.05) is 6.61 Å². The second kappa shape index (κ2) is 4.67. The Hall–Kier alpha value is -1.11. The number of ether oxygens (including phenoxy) is 1. The van der Waals surface area contributed by atoms with Crippen molar-refractivity contribution in [2.24, 2.45) is 0 Å². The molecule has 0 saturated carbocycles. The molecule has 0 bridgehead atoms. The van der Waals surface area contributed by atoms with Crippen LogP contribution in [0.5, 0.6) is 0 Å². The molecule has 0 aliphatic heterocycles. The summed E-state index contributed by atoms with van der Waals surface area (Å²) >= 11 is 0. The third-order valence-electron chi connectivity index (χ3n) is 1.42. The first-order valence-corrected chi connectivity index (χ1v) is 3.58. The Labute approximate surface area is 65.9 Å². The highest BCUT2D eigenvalue weighted by Crippen LogP contribution is 2.06. The monoisotopic (exact) mass is 150 g/mol. The molecule has 0 N–H and O–H groups in total. The number of rotatable bonds is 3. The topological polar surface area (TPSA) is 26.3 Å². The molecule has 1 aliphatic carbocycles. The molecular formula is C9H10O2. The van der Waals surface area contributed by atoms with Gasteiger partial charge in [0, 0.05) is 6.08 Å². The van der Waals surface area contributed by atoms with Gasteiger partial charge in [-0.15, -0.1) is 0 Å². The van der Waals surface area contributed by atoms with Crippen LogP contribution in [0.3, 0.4) is 0 Å². The van der Waals surface area contributed by atoms with E-state index in [1.54, 1.807) is 5.94 Å². The fraction of sp³-hybridized carbons (Fsp3) is 0.333. The van der Waals surface area contributed by atoms with E-state index in [-0.39, 0.29) is 6.10 Å². The van der Waals surface area contributed by atoms with E-state index in [2.05, 4.69) is 0 Å². The molecule has 1 atom stereocenters. The van der Waals surface area contributed by atoms with Crippen molar-refractivity contribution in [3.8, 4) is 0 Å². The molecule has 58 valence electrons. The first kappa shape index (κ1) is 7.99. The smallest absolute Gasteiger partial charge is 0.122 e. The maximum absolute atomic E-state index is 9.75. The molecule has 1 unspecified atom stereocenters. The summed E-state index contributed by atoms with van der Waals surface area (Å²) < 4.78 is 5.27. The zero-order valence-corrected chi connectivity index (χ0v) is 6.19. The maximum Gasteiger partial charge on any atom is 0.122 e. The molecule has 0 radical (unpaired) electrons. The second-order valence-corrected chi connectivity index (χ2v) is 2.24. The van der Waals surface area contributed by atoms with Gasteiger partial charge in [0.2, 0.25) is 0 Å². The zero-order chi connectivity index (χ0) is 7.94. The Bertz CT molecular complexity index is 210. The average Bonchev–Trinajstić information content (AvgIpc) is 2.07. The van der Waals surface area contributed by atoms with Crippen molar-refractivity contribution in [3.05, 3.63) is 30.4 Å². The maximum atomic E-state index is 9.75. The van der Waals surface area contributed by atoms with Gasteiger partial charge in [0.1, 0.15) is 5.94 Å². The lowest BCUT2D eigenvalue weighted by Gasteiger charge is -2.11. The number of hydrogen-bond acceptors (Lipinski definition) is 2. The molecule has 0 amide bonds. The predicted octanol–water partition coefficient (Wildman–Crippen LogP) is 1.28. The summed E-state index contributed by atoms with van der Waals surface area (Å²) in [5.74, 6) is 1.67. The summed E-state index contributed by atoms with van der Waals surface area (Å²) in [6.07, 6.45) is 10.3. The van der Waals surface area contributed by atoms with Crippen LogP contribution < -0.4 is 0 Å². The van der Waals surface area contributed by atoms with Crippen LogP contribution in [0.15, 0.2) is 30.4 Å². The van der Waals surface area contributed by atoms with Gasteiger partial charge in [-0.1, -0.05) is 24.3 Å². The van der Waals surface area contributed by atoms with E-state index < -0.39 is 0 Å². The van der Waals surface area contributed by atoms with Gasteiger partial charge in [0.15, 0.2) is 0 Å². The summed E-state index contributed by atoms with van der Waals surface area (Å²) in [6.45, 7) is 0.354. The highest BCUT2D eigenvalue weighted by atomic mass is 16.5. The second-order valence-electron chi connectivity index (χ2n) is 2.24. The van der Waals surface area contributed by atoms with Crippen molar-refractivity contribution in [2.45, 2.75) is 12.5 Å². The van der Waals surface area contributed by atoms with Crippen LogP contribution in [0, 0.1) is 0 Å². The highest BCUT2D eigenvalue weighted by molar-refractivity contribution is 5.44. The molecule has 0 heterocycles. The Morgan fingerprint density at radius 1 is 1.64 bits per heavy atom. The van der Waals surface area contributed by atoms with E-state index in [1.165, 1.54) is 6.08 Å². The quantitative estimate of drug-likeness (QED) is 0.566. The lowest BCUT2D eigenvalue weighted by Crippen LogP contribution is -2.10. The van der Waals surface area contributed by atoms with Crippen LogP contribution >= 0.6 is 0 Å². The van der Waals surface area contributed by atoms with E-state index in [1.807, 2.05) is 24.3 Å². The number of carbonyl (C=O) groups excluding carboxylic acids is 1. The average molecular weight is 150 g/mol. The fourth-order valence-corrected chi connectivity index (χ4v) is 0.887.